The summed E-state index contributed by atoms with van der Waals surface area (Å²) in [6.07, 6.45) is 2.66. The van der Waals surface area contributed by atoms with E-state index in [1.165, 1.54) is 0 Å². The molecule has 2 fully saturated rings. The number of nitrogens with zero attached hydrogens (tertiary/aromatic N) is 1. The summed E-state index contributed by atoms with van der Waals surface area (Å²) in [6.45, 7) is 5.02. The van der Waals surface area contributed by atoms with Crippen molar-refractivity contribution < 1.29 is 19.8 Å². The van der Waals surface area contributed by atoms with E-state index in [9.17, 15) is 19.8 Å². The second-order valence-electron chi connectivity index (χ2n) is 6.37. The van der Waals surface area contributed by atoms with Crippen LogP contribution in [0.3, 0.4) is 0 Å². The largest absolute Gasteiger partial charge is 0.481 e. The molecular weight excluding hydrogens is 258 g/mol. The Morgan fingerprint density at radius 2 is 1.95 bits per heavy atom. The number of hydrogen-bond donors (Lipinski definition) is 2. The van der Waals surface area contributed by atoms with Gasteiger partial charge in [0.2, 0.25) is 5.91 Å². The van der Waals surface area contributed by atoms with Gasteiger partial charge < -0.3 is 15.1 Å². The van der Waals surface area contributed by atoms with Crippen LogP contribution in [0.1, 0.15) is 39.5 Å². The summed E-state index contributed by atoms with van der Waals surface area (Å²) in [5, 5.41) is 18.9. The molecule has 0 aromatic carbocycles. The lowest BCUT2D eigenvalue weighted by atomic mass is 9.95. The van der Waals surface area contributed by atoms with E-state index in [2.05, 4.69) is 6.92 Å². The highest BCUT2D eigenvalue weighted by Gasteiger charge is 2.44. The van der Waals surface area contributed by atoms with Crippen LogP contribution in [0.2, 0.25) is 0 Å². The Morgan fingerprint density at radius 3 is 2.45 bits per heavy atom. The zero-order valence-corrected chi connectivity index (χ0v) is 12.3. The zero-order chi connectivity index (χ0) is 14.9. The molecule has 1 aliphatic carbocycles. The van der Waals surface area contributed by atoms with Crippen LogP contribution in [0.4, 0.5) is 0 Å². The Morgan fingerprint density at radius 1 is 1.30 bits per heavy atom. The molecule has 0 aromatic rings. The Labute approximate surface area is 120 Å². The molecule has 20 heavy (non-hydrogen) atoms. The highest BCUT2D eigenvalue weighted by Crippen LogP contribution is 2.40. The zero-order valence-electron chi connectivity index (χ0n) is 12.3. The first-order valence-corrected chi connectivity index (χ1v) is 7.63. The fourth-order valence-corrected chi connectivity index (χ4v) is 3.64. The van der Waals surface area contributed by atoms with Crippen molar-refractivity contribution in [2.45, 2.75) is 45.6 Å². The molecule has 0 spiro atoms. The number of hydrogen-bond acceptors (Lipinski definition) is 3. The van der Waals surface area contributed by atoms with Crippen LogP contribution in [-0.2, 0) is 9.59 Å². The van der Waals surface area contributed by atoms with Gasteiger partial charge in [-0.3, -0.25) is 9.59 Å². The van der Waals surface area contributed by atoms with Crippen LogP contribution in [0.25, 0.3) is 0 Å². The van der Waals surface area contributed by atoms with Gasteiger partial charge in [0.15, 0.2) is 0 Å². The lowest BCUT2D eigenvalue weighted by Crippen LogP contribution is -2.38. The first-order chi connectivity index (χ1) is 9.43. The summed E-state index contributed by atoms with van der Waals surface area (Å²) in [5.41, 5.74) is 0. The van der Waals surface area contributed by atoms with Crippen molar-refractivity contribution in [3.8, 4) is 0 Å². The van der Waals surface area contributed by atoms with E-state index in [-0.39, 0.29) is 17.7 Å². The summed E-state index contributed by atoms with van der Waals surface area (Å²) in [6, 6.07) is 0. The van der Waals surface area contributed by atoms with Crippen molar-refractivity contribution in [3.05, 3.63) is 0 Å². The third-order valence-corrected chi connectivity index (χ3v) is 5.09. The minimum absolute atomic E-state index is 0.0171. The number of carbonyl (C=O) groups is 2. The second kappa shape index (κ2) is 6.12. The van der Waals surface area contributed by atoms with Gasteiger partial charge in [0.05, 0.1) is 17.9 Å². The van der Waals surface area contributed by atoms with E-state index in [1.807, 2.05) is 0 Å². The third-order valence-electron chi connectivity index (χ3n) is 5.09. The fourth-order valence-electron chi connectivity index (χ4n) is 3.64. The van der Waals surface area contributed by atoms with E-state index in [0.717, 1.165) is 12.8 Å². The first-order valence-electron chi connectivity index (χ1n) is 7.63. The van der Waals surface area contributed by atoms with Gasteiger partial charge in [-0.05, 0) is 32.1 Å². The number of likely N-dealkylation sites (tertiary alicyclic amines) is 1. The molecular formula is C15H25NO4. The van der Waals surface area contributed by atoms with Crippen molar-refractivity contribution >= 4 is 11.9 Å². The molecule has 1 saturated carbocycles. The Kier molecular flexibility index (Phi) is 4.68. The minimum Gasteiger partial charge on any atom is -0.481 e. The Balaban J connectivity index is 2.02. The maximum Gasteiger partial charge on any atom is 0.307 e. The van der Waals surface area contributed by atoms with Crippen LogP contribution in [-0.4, -0.2) is 46.2 Å². The molecule has 2 N–H and O–H groups in total. The van der Waals surface area contributed by atoms with Gasteiger partial charge in [0.25, 0.3) is 0 Å². The highest BCUT2D eigenvalue weighted by molar-refractivity contribution is 5.85. The number of rotatable bonds is 4. The number of carboxylic acid groups (broad SMARTS) is 1. The molecule has 5 heteroatoms. The van der Waals surface area contributed by atoms with Gasteiger partial charge in [0, 0.05) is 19.0 Å². The van der Waals surface area contributed by atoms with E-state index >= 15 is 0 Å². The standard InChI is InChI=1S/C15H25NO4/c1-3-10-6-12(13(7-10)15(19)20)14(18)16-5-4-11(8-16)9(2)17/h9-13,17H,3-8H2,1-2H3,(H,19,20). The maximum absolute atomic E-state index is 12.6. The van der Waals surface area contributed by atoms with Crippen molar-refractivity contribution in [1.29, 1.82) is 0 Å². The molecule has 1 amide bonds. The molecule has 1 aliphatic heterocycles. The molecule has 0 bridgehead atoms. The number of carboxylic acids is 1. The van der Waals surface area contributed by atoms with Gasteiger partial charge in [-0.25, -0.2) is 0 Å². The summed E-state index contributed by atoms with van der Waals surface area (Å²) < 4.78 is 0. The van der Waals surface area contributed by atoms with Crippen molar-refractivity contribution in [3.63, 3.8) is 0 Å². The number of aliphatic carboxylic acids is 1. The van der Waals surface area contributed by atoms with Crippen LogP contribution in [0.5, 0.6) is 0 Å². The third kappa shape index (κ3) is 2.97. The van der Waals surface area contributed by atoms with Crippen molar-refractivity contribution in [2.75, 3.05) is 13.1 Å². The molecule has 5 nitrogen and oxygen atoms in total. The SMILES string of the molecule is CCC1CC(C(=O)O)C(C(=O)N2CCC(C(C)O)C2)C1. The molecule has 1 saturated heterocycles. The molecule has 5 unspecified atom stereocenters. The summed E-state index contributed by atoms with van der Waals surface area (Å²) in [5.74, 6) is -1.28. The maximum atomic E-state index is 12.6. The predicted octanol–water partition coefficient (Wildman–Crippen LogP) is 1.35. The van der Waals surface area contributed by atoms with Crippen LogP contribution >= 0.6 is 0 Å². The van der Waals surface area contributed by atoms with Crippen molar-refractivity contribution in [2.24, 2.45) is 23.7 Å². The molecule has 114 valence electrons. The van der Waals surface area contributed by atoms with Crippen LogP contribution in [0, 0.1) is 23.7 Å². The topological polar surface area (TPSA) is 77.8 Å². The number of amides is 1. The number of aliphatic hydroxyl groups excluding tert-OH is 1. The van der Waals surface area contributed by atoms with Gasteiger partial charge in [0.1, 0.15) is 0 Å². The van der Waals surface area contributed by atoms with Gasteiger partial charge >= 0.3 is 5.97 Å². The monoisotopic (exact) mass is 283 g/mol. The average Bonchev–Trinajstić information content (AvgIpc) is 3.04. The first kappa shape index (κ1) is 15.3. The molecule has 1 heterocycles. The van der Waals surface area contributed by atoms with Crippen LogP contribution in [0.15, 0.2) is 0 Å². The normalized spacial score (nSPS) is 35.2. The minimum atomic E-state index is -0.842. The molecule has 2 rings (SSSR count). The molecule has 0 radical (unpaired) electrons. The second-order valence-corrected chi connectivity index (χ2v) is 6.37. The summed E-state index contributed by atoms with van der Waals surface area (Å²) in [7, 11) is 0. The lowest BCUT2D eigenvalue weighted by molar-refractivity contribution is -0.148. The van der Waals surface area contributed by atoms with E-state index < -0.39 is 18.0 Å². The van der Waals surface area contributed by atoms with Crippen LogP contribution < -0.4 is 0 Å². The number of carbonyl (C=O) groups excluding carboxylic acids is 1. The lowest BCUT2D eigenvalue weighted by Gasteiger charge is -2.23. The Bertz CT molecular complexity index is 382. The summed E-state index contributed by atoms with van der Waals surface area (Å²) >= 11 is 0. The summed E-state index contributed by atoms with van der Waals surface area (Å²) in [4.78, 5) is 25.7. The van der Waals surface area contributed by atoms with Crippen molar-refractivity contribution in [1.82, 2.24) is 4.90 Å². The average molecular weight is 283 g/mol. The fraction of sp³-hybridized carbons (Fsp3) is 0.867. The van der Waals surface area contributed by atoms with E-state index in [1.54, 1.807) is 11.8 Å². The van der Waals surface area contributed by atoms with Gasteiger partial charge in [-0.1, -0.05) is 13.3 Å². The van der Waals surface area contributed by atoms with E-state index in [0.29, 0.717) is 31.8 Å². The smallest absolute Gasteiger partial charge is 0.307 e. The highest BCUT2D eigenvalue weighted by atomic mass is 16.4. The van der Waals surface area contributed by atoms with E-state index in [4.69, 9.17) is 0 Å². The molecule has 0 aromatic heterocycles. The van der Waals surface area contributed by atoms with Gasteiger partial charge in [-0.2, -0.15) is 0 Å². The predicted molar refractivity (Wildman–Crippen MR) is 74.0 cm³/mol. The molecule has 2 aliphatic rings. The Hall–Kier alpha value is -1.10. The van der Waals surface area contributed by atoms with Gasteiger partial charge in [-0.15, -0.1) is 0 Å². The molecule has 5 atom stereocenters. The quantitative estimate of drug-likeness (QED) is 0.816. The number of aliphatic hydroxyl groups is 1.